The van der Waals surface area contributed by atoms with Gasteiger partial charge in [0.25, 0.3) is 0 Å². The van der Waals surface area contributed by atoms with Crippen molar-refractivity contribution in [3.63, 3.8) is 0 Å². The van der Waals surface area contributed by atoms with Crippen LogP contribution < -0.4 is 5.32 Å². The largest absolute Gasteiger partial charge is 0.480 e. The lowest BCUT2D eigenvalue weighted by Gasteiger charge is -2.35. The number of rotatable bonds is 3. The Kier molecular flexibility index (Phi) is 3.64. The number of amides is 1. The van der Waals surface area contributed by atoms with E-state index >= 15 is 0 Å². The standard InChI is InChI=1S/C12H11BrClNO3/c13-9-7(14)3-1-4-8(9)15-10(16)12(11(17)18)5-2-6-12/h1,3-4H,2,5-6H2,(H,15,16)(H,17,18). The van der Waals surface area contributed by atoms with Gasteiger partial charge in [-0.3, -0.25) is 9.59 Å². The number of carbonyl (C=O) groups is 2. The Morgan fingerprint density at radius 3 is 2.56 bits per heavy atom. The molecule has 2 N–H and O–H groups in total. The molecule has 1 aliphatic rings. The summed E-state index contributed by atoms with van der Waals surface area (Å²) in [5, 5.41) is 12.2. The zero-order chi connectivity index (χ0) is 13.3. The second-order valence-corrected chi connectivity index (χ2v) is 5.50. The molecule has 0 radical (unpaired) electrons. The third-order valence-electron chi connectivity index (χ3n) is 3.25. The van der Waals surface area contributed by atoms with E-state index in [1.54, 1.807) is 18.2 Å². The minimum Gasteiger partial charge on any atom is -0.480 e. The van der Waals surface area contributed by atoms with E-state index in [9.17, 15) is 9.59 Å². The number of hydrogen-bond acceptors (Lipinski definition) is 2. The summed E-state index contributed by atoms with van der Waals surface area (Å²) in [7, 11) is 0. The predicted molar refractivity (Wildman–Crippen MR) is 71.7 cm³/mol. The lowest BCUT2D eigenvalue weighted by Crippen LogP contribution is -2.48. The maximum Gasteiger partial charge on any atom is 0.319 e. The number of aliphatic carboxylic acids is 1. The number of benzene rings is 1. The molecule has 0 aliphatic heterocycles. The molecule has 0 aromatic heterocycles. The third kappa shape index (κ3) is 2.12. The first kappa shape index (κ1) is 13.4. The smallest absolute Gasteiger partial charge is 0.319 e. The fraction of sp³-hybridized carbons (Fsp3) is 0.333. The van der Waals surface area contributed by atoms with Gasteiger partial charge in [0.1, 0.15) is 5.41 Å². The SMILES string of the molecule is O=C(O)C1(C(=O)Nc2cccc(Cl)c2Br)CCC1. The predicted octanol–water partition coefficient (Wildman–Crippen LogP) is 3.30. The average molecular weight is 333 g/mol. The van der Waals surface area contributed by atoms with Gasteiger partial charge < -0.3 is 10.4 Å². The van der Waals surface area contributed by atoms with Crippen LogP contribution in [0.5, 0.6) is 0 Å². The van der Waals surface area contributed by atoms with Crippen LogP contribution in [0.4, 0.5) is 5.69 Å². The highest BCUT2D eigenvalue weighted by atomic mass is 79.9. The summed E-state index contributed by atoms with van der Waals surface area (Å²) < 4.78 is 0.555. The van der Waals surface area contributed by atoms with Gasteiger partial charge in [-0.2, -0.15) is 0 Å². The molecule has 1 amide bonds. The van der Waals surface area contributed by atoms with Crippen LogP contribution >= 0.6 is 27.5 Å². The molecule has 1 saturated carbocycles. The maximum absolute atomic E-state index is 12.1. The van der Waals surface area contributed by atoms with E-state index in [1.165, 1.54) is 0 Å². The van der Waals surface area contributed by atoms with Crippen molar-refractivity contribution in [1.29, 1.82) is 0 Å². The summed E-state index contributed by atoms with van der Waals surface area (Å²) in [4.78, 5) is 23.3. The van der Waals surface area contributed by atoms with Gasteiger partial charge in [-0.15, -0.1) is 0 Å². The van der Waals surface area contributed by atoms with Gasteiger partial charge in [0.05, 0.1) is 15.2 Å². The van der Waals surface area contributed by atoms with Gasteiger partial charge >= 0.3 is 5.97 Å². The van der Waals surface area contributed by atoms with Gasteiger partial charge in [-0.05, 0) is 40.9 Å². The number of carbonyl (C=O) groups excluding carboxylic acids is 1. The number of nitrogens with one attached hydrogen (secondary N) is 1. The molecule has 1 aromatic carbocycles. The average Bonchev–Trinajstić information content (AvgIpc) is 2.22. The minimum absolute atomic E-state index is 0.381. The van der Waals surface area contributed by atoms with E-state index in [2.05, 4.69) is 21.2 Å². The van der Waals surface area contributed by atoms with Crippen molar-refractivity contribution in [3.8, 4) is 0 Å². The van der Waals surface area contributed by atoms with E-state index in [1.807, 2.05) is 0 Å². The number of hydrogen-bond donors (Lipinski definition) is 2. The molecule has 0 unspecified atom stereocenters. The maximum atomic E-state index is 12.1. The van der Waals surface area contributed by atoms with E-state index in [-0.39, 0.29) is 0 Å². The number of carboxylic acid groups (broad SMARTS) is 1. The minimum atomic E-state index is -1.28. The molecule has 0 bridgehead atoms. The zero-order valence-corrected chi connectivity index (χ0v) is 11.7. The normalized spacial score (nSPS) is 16.8. The van der Waals surface area contributed by atoms with E-state index < -0.39 is 17.3 Å². The molecule has 0 spiro atoms. The van der Waals surface area contributed by atoms with E-state index in [0.29, 0.717) is 28.0 Å². The molecule has 1 aromatic rings. The van der Waals surface area contributed by atoms with Crippen molar-refractivity contribution < 1.29 is 14.7 Å². The second-order valence-electron chi connectivity index (χ2n) is 4.30. The quantitative estimate of drug-likeness (QED) is 0.835. The molecule has 18 heavy (non-hydrogen) atoms. The molecule has 0 heterocycles. The Balaban J connectivity index is 2.21. The Morgan fingerprint density at radius 2 is 2.06 bits per heavy atom. The Bertz CT molecular complexity index is 514. The van der Waals surface area contributed by atoms with Crippen molar-refractivity contribution in [2.24, 2.45) is 5.41 Å². The molecular weight excluding hydrogens is 321 g/mol. The molecule has 1 fully saturated rings. The number of anilines is 1. The molecule has 4 nitrogen and oxygen atoms in total. The van der Waals surface area contributed by atoms with Crippen LogP contribution in [-0.4, -0.2) is 17.0 Å². The highest BCUT2D eigenvalue weighted by molar-refractivity contribution is 9.10. The van der Waals surface area contributed by atoms with Gasteiger partial charge in [-0.1, -0.05) is 24.1 Å². The highest BCUT2D eigenvalue weighted by Gasteiger charge is 2.51. The first-order chi connectivity index (χ1) is 8.47. The van der Waals surface area contributed by atoms with Crippen molar-refractivity contribution in [1.82, 2.24) is 0 Å². The van der Waals surface area contributed by atoms with Crippen LogP contribution in [0.3, 0.4) is 0 Å². The highest BCUT2D eigenvalue weighted by Crippen LogP contribution is 2.42. The van der Waals surface area contributed by atoms with Crippen LogP contribution in [0.1, 0.15) is 19.3 Å². The van der Waals surface area contributed by atoms with Crippen LogP contribution in [0.2, 0.25) is 5.02 Å². The Hall–Kier alpha value is -1.07. The topological polar surface area (TPSA) is 66.4 Å². The van der Waals surface area contributed by atoms with Crippen LogP contribution in [-0.2, 0) is 9.59 Å². The summed E-state index contributed by atoms with van der Waals surface area (Å²) in [5.41, 5.74) is -0.790. The molecule has 6 heteroatoms. The molecule has 1 aliphatic carbocycles. The molecular formula is C12H11BrClNO3. The van der Waals surface area contributed by atoms with Gasteiger partial charge in [0, 0.05) is 0 Å². The fourth-order valence-electron chi connectivity index (χ4n) is 1.91. The Labute approximate surface area is 117 Å². The van der Waals surface area contributed by atoms with Gasteiger partial charge in [-0.25, -0.2) is 0 Å². The first-order valence-corrected chi connectivity index (χ1v) is 6.63. The summed E-state index contributed by atoms with van der Waals surface area (Å²) in [6.45, 7) is 0. The molecule has 0 saturated heterocycles. The number of halogens is 2. The molecule has 96 valence electrons. The van der Waals surface area contributed by atoms with Crippen LogP contribution in [0.15, 0.2) is 22.7 Å². The van der Waals surface area contributed by atoms with E-state index in [0.717, 1.165) is 6.42 Å². The van der Waals surface area contributed by atoms with Crippen molar-refractivity contribution >= 4 is 45.1 Å². The summed E-state index contributed by atoms with van der Waals surface area (Å²) >= 11 is 9.17. The van der Waals surface area contributed by atoms with Crippen LogP contribution in [0.25, 0.3) is 0 Å². The fourth-order valence-corrected chi connectivity index (χ4v) is 2.45. The Morgan fingerprint density at radius 1 is 1.39 bits per heavy atom. The monoisotopic (exact) mass is 331 g/mol. The van der Waals surface area contributed by atoms with Crippen molar-refractivity contribution in [2.75, 3.05) is 5.32 Å². The molecule has 0 atom stereocenters. The van der Waals surface area contributed by atoms with Crippen molar-refractivity contribution in [2.45, 2.75) is 19.3 Å². The lowest BCUT2D eigenvalue weighted by molar-refractivity contribution is -0.159. The third-order valence-corrected chi connectivity index (χ3v) is 4.65. The first-order valence-electron chi connectivity index (χ1n) is 5.46. The summed E-state index contributed by atoms with van der Waals surface area (Å²) in [6.07, 6.45) is 1.52. The summed E-state index contributed by atoms with van der Waals surface area (Å²) in [6, 6.07) is 5.04. The van der Waals surface area contributed by atoms with Crippen LogP contribution in [0, 0.1) is 5.41 Å². The van der Waals surface area contributed by atoms with Crippen molar-refractivity contribution in [3.05, 3.63) is 27.7 Å². The van der Waals surface area contributed by atoms with Gasteiger partial charge in [0.15, 0.2) is 0 Å². The zero-order valence-electron chi connectivity index (χ0n) is 9.37. The van der Waals surface area contributed by atoms with E-state index in [4.69, 9.17) is 16.7 Å². The number of carboxylic acids is 1. The second kappa shape index (κ2) is 4.90. The van der Waals surface area contributed by atoms with Gasteiger partial charge in [0.2, 0.25) is 5.91 Å². The lowest BCUT2D eigenvalue weighted by atomic mass is 9.68. The summed E-state index contributed by atoms with van der Waals surface area (Å²) in [5.74, 6) is -1.55. The molecule has 2 rings (SSSR count).